The number of urea groups is 1. The van der Waals surface area contributed by atoms with E-state index in [9.17, 15) is 14.7 Å². The maximum Gasteiger partial charge on any atom is 0.319 e. The second-order valence-electron chi connectivity index (χ2n) is 5.73. The number of hydrogen-bond donors (Lipinski definition) is 3. The molecule has 23 heavy (non-hydrogen) atoms. The normalized spacial score (nSPS) is 21.9. The summed E-state index contributed by atoms with van der Waals surface area (Å²) in [7, 11) is 0. The molecule has 0 aliphatic carbocycles. The highest BCUT2D eigenvalue weighted by Gasteiger charge is 2.40. The molecule has 0 bridgehead atoms. The van der Waals surface area contributed by atoms with E-state index in [1.54, 1.807) is 23.6 Å². The number of aliphatic hydroxyl groups excluding tert-OH is 1. The Morgan fingerprint density at radius 3 is 2.65 bits per heavy atom. The van der Waals surface area contributed by atoms with Crippen LogP contribution >= 0.6 is 11.8 Å². The van der Waals surface area contributed by atoms with Gasteiger partial charge in [-0.15, -0.1) is 11.8 Å². The van der Waals surface area contributed by atoms with Gasteiger partial charge in [0.1, 0.15) is 0 Å². The highest BCUT2D eigenvalue weighted by atomic mass is 32.2. The van der Waals surface area contributed by atoms with Gasteiger partial charge >= 0.3 is 6.03 Å². The van der Waals surface area contributed by atoms with E-state index in [-0.39, 0.29) is 18.5 Å². The molecule has 0 saturated heterocycles. The summed E-state index contributed by atoms with van der Waals surface area (Å²) in [5.41, 5.74) is 2.05. The summed E-state index contributed by atoms with van der Waals surface area (Å²) in [6.07, 6.45) is 1.39. The smallest absolute Gasteiger partial charge is 0.319 e. The fraction of sp³-hybridized carbons (Fsp3) is 0.375. The predicted molar refractivity (Wildman–Crippen MR) is 87.9 cm³/mol. The number of β-amino-alcohol motifs (C(OH)–C–C–N with tert-alkyl or cyclic N) is 1. The number of aliphatic hydroxyl groups is 1. The van der Waals surface area contributed by atoms with Gasteiger partial charge in [-0.1, -0.05) is 12.1 Å². The molecule has 122 valence electrons. The number of carbonyl (C=O) groups is 2. The molecule has 7 heteroatoms. The first kappa shape index (κ1) is 15.9. The van der Waals surface area contributed by atoms with E-state index in [0.717, 1.165) is 10.5 Å². The van der Waals surface area contributed by atoms with Crippen molar-refractivity contribution >= 4 is 23.7 Å². The zero-order valence-corrected chi connectivity index (χ0v) is 13.8. The molecule has 2 heterocycles. The predicted octanol–water partition coefficient (Wildman–Crippen LogP) is 1.24. The molecule has 1 aromatic rings. The number of thioether (sulfide) groups is 1. The zero-order valence-electron chi connectivity index (χ0n) is 13.0. The van der Waals surface area contributed by atoms with Crippen LogP contribution in [0.2, 0.25) is 0 Å². The number of benzene rings is 1. The summed E-state index contributed by atoms with van der Waals surface area (Å²) in [6, 6.07) is 7.04. The number of hydrogen-bond acceptors (Lipinski definition) is 4. The van der Waals surface area contributed by atoms with E-state index in [4.69, 9.17) is 0 Å². The second kappa shape index (κ2) is 6.25. The molecule has 2 aliphatic rings. The minimum atomic E-state index is -0.608. The Hall–Kier alpha value is -1.99. The molecule has 0 radical (unpaired) electrons. The zero-order chi connectivity index (χ0) is 16.6. The van der Waals surface area contributed by atoms with Crippen LogP contribution in [0.15, 0.2) is 40.4 Å². The van der Waals surface area contributed by atoms with Gasteiger partial charge in [-0.2, -0.15) is 0 Å². The minimum Gasteiger partial charge on any atom is -0.392 e. The lowest BCUT2D eigenvalue weighted by Crippen LogP contribution is -2.44. The molecule has 3 rings (SSSR count). The van der Waals surface area contributed by atoms with Crippen molar-refractivity contribution in [2.75, 3.05) is 19.3 Å². The van der Waals surface area contributed by atoms with Crippen LogP contribution in [0.3, 0.4) is 0 Å². The van der Waals surface area contributed by atoms with Gasteiger partial charge in [0.25, 0.3) is 5.91 Å². The first-order valence-electron chi connectivity index (χ1n) is 7.41. The highest BCUT2D eigenvalue weighted by molar-refractivity contribution is 7.98. The molecule has 0 saturated carbocycles. The van der Waals surface area contributed by atoms with Gasteiger partial charge in [-0.25, -0.2) is 4.79 Å². The first-order valence-corrected chi connectivity index (χ1v) is 8.64. The van der Waals surface area contributed by atoms with Crippen LogP contribution < -0.4 is 10.6 Å². The van der Waals surface area contributed by atoms with Gasteiger partial charge in [0, 0.05) is 11.4 Å². The molecular formula is C16H19N3O3S. The van der Waals surface area contributed by atoms with E-state index in [2.05, 4.69) is 10.6 Å². The van der Waals surface area contributed by atoms with Gasteiger partial charge in [0.15, 0.2) is 0 Å². The molecule has 1 aromatic carbocycles. The summed E-state index contributed by atoms with van der Waals surface area (Å²) in [6.45, 7) is 2.21. The Bertz CT molecular complexity index is 670. The largest absolute Gasteiger partial charge is 0.392 e. The van der Waals surface area contributed by atoms with Crippen LogP contribution in [0, 0.1) is 0 Å². The lowest BCUT2D eigenvalue weighted by molar-refractivity contribution is -0.126. The number of amides is 3. The molecule has 2 atom stereocenters. The summed E-state index contributed by atoms with van der Waals surface area (Å²) >= 11 is 1.64. The van der Waals surface area contributed by atoms with Crippen LogP contribution in [0.5, 0.6) is 0 Å². The monoisotopic (exact) mass is 333 g/mol. The summed E-state index contributed by atoms with van der Waals surface area (Å²) < 4.78 is 0. The van der Waals surface area contributed by atoms with E-state index >= 15 is 0 Å². The molecule has 0 fully saturated rings. The summed E-state index contributed by atoms with van der Waals surface area (Å²) in [4.78, 5) is 27.2. The fourth-order valence-electron chi connectivity index (χ4n) is 2.94. The van der Waals surface area contributed by atoms with E-state index in [0.29, 0.717) is 17.8 Å². The molecule has 3 amide bonds. The third-order valence-electron chi connectivity index (χ3n) is 3.95. The van der Waals surface area contributed by atoms with Crippen molar-refractivity contribution in [2.24, 2.45) is 0 Å². The average molecular weight is 333 g/mol. The summed E-state index contributed by atoms with van der Waals surface area (Å²) in [5, 5.41) is 15.1. The first-order chi connectivity index (χ1) is 11.0. The SMILES string of the molecule is CSc1ccc([C@H]2NC(=O)NC3=C2C(=O)N(C[C@H](C)O)C3)cc1. The highest BCUT2D eigenvalue weighted by Crippen LogP contribution is 2.33. The van der Waals surface area contributed by atoms with Gasteiger partial charge in [0.2, 0.25) is 0 Å². The minimum absolute atomic E-state index is 0.146. The Morgan fingerprint density at radius 2 is 2.04 bits per heavy atom. The van der Waals surface area contributed by atoms with Crippen LogP contribution in [0.1, 0.15) is 18.5 Å². The Morgan fingerprint density at radius 1 is 1.35 bits per heavy atom. The number of nitrogens with one attached hydrogen (secondary N) is 2. The maximum absolute atomic E-state index is 12.7. The standard InChI is InChI=1S/C16H19N3O3S/c1-9(20)7-19-8-12-13(15(19)21)14(18-16(22)17-12)10-3-5-11(23-2)6-4-10/h3-6,9,14,20H,7-8H2,1-2H3,(H2,17,18,22)/t9-,14+/m0/s1. The molecule has 0 unspecified atom stereocenters. The van der Waals surface area contributed by atoms with Crippen molar-refractivity contribution in [1.29, 1.82) is 0 Å². The quantitative estimate of drug-likeness (QED) is 0.724. The van der Waals surface area contributed by atoms with Crippen molar-refractivity contribution in [3.8, 4) is 0 Å². The van der Waals surface area contributed by atoms with E-state index in [1.807, 2.05) is 30.5 Å². The molecular weight excluding hydrogens is 314 g/mol. The molecule has 0 spiro atoms. The molecule has 3 N–H and O–H groups in total. The van der Waals surface area contributed by atoms with Crippen molar-refractivity contribution in [3.05, 3.63) is 41.1 Å². The van der Waals surface area contributed by atoms with Crippen molar-refractivity contribution in [2.45, 2.75) is 24.0 Å². The molecule has 0 aromatic heterocycles. The van der Waals surface area contributed by atoms with Crippen molar-refractivity contribution in [1.82, 2.24) is 15.5 Å². The van der Waals surface area contributed by atoms with Gasteiger partial charge in [-0.3, -0.25) is 4.79 Å². The number of carbonyl (C=O) groups excluding carboxylic acids is 2. The van der Waals surface area contributed by atoms with Gasteiger partial charge in [-0.05, 0) is 30.9 Å². The van der Waals surface area contributed by atoms with E-state index in [1.165, 1.54) is 0 Å². The van der Waals surface area contributed by atoms with Crippen LogP contribution in [-0.2, 0) is 4.79 Å². The van der Waals surface area contributed by atoms with Gasteiger partial charge < -0.3 is 20.6 Å². The van der Waals surface area contributed by atoms with E-state index < -0.39 is 12.1 Å². The lowest BCUT2D eigenvalue weighted by Gasteiger charge is -2.25. The molecule has 2 aliphatic heterocycles. The van der Waals surface area contributed by atoms with Crippen molar-refractivity contribution < 1.29 is 14.7 Å². The second-order valence-corrected chi connectivity index (χ2v) is 6.61. The van der Waals surface area contributed by atoms with Crippen LogP contribution in [0.25, 0.3) is 0 Å². The third-order valence-corrected chi connectivity index (χ3v) is 4.70. The van der Waals surface area contributed by atoms with Crippen LogP contribution in [0.4, 0.5) is 4.79 Å². The average Bonchev–Trinajstić information content (AvgIpc) is 2.82. The third kappa shape index (κ3) is 3.07. The number of nitrogens with zero attached hydrogens (tertiary/aromatic N) is 1. The lowest BCUT2D eigenvalue weighted by atomic mass is 9.96. The number of rotatable bonds is 4. The topological polar surface area (TPSA) is 81.7 Å². The van der Waals surface area contributed by atoms with Crippen molar-refractivity contribution in [3.63, 3.8) is 0 Å². The summed E-state index contributed by atoms with van der Waals surface area (Å²) in [5.74, 6) is -0.146. The Labute approximate surface area is 138 Å². The Balaban J connectivity index is 1.92. The fourth-order valence-corrected chi connectivity index (χ4v) is 3.35. The Kier molecular flexibility index (Phi) is 4.32. The van der Waals surface area contributed by atoms with Gasteiger partial charge in [0.05, 0.1) is 30.0 Å². The molecule has 6 nitrogen and oxygen atoms in total. The van der Waals surface area contributed by atoms with Crippen LogP contribution in [-0.4, -0.2) is 47.4 Å². The maximum atomic E-state index is 12.7.